The van der Waals surface area contributed by atoms with Crippen molar-refractivity contribution >= 4 is 33.6 Å². The number of nitrogens with zero attached hydrogens (tertiary/aromatic N) is 1. The summed E-state index contributed by atoms with van der Waals surface area (Å²) in [6.45, 7) is 3.99. The molecule has 0 aliphatic carbocycles. The third kappa shape index (κ3) is 3.06. The van der Waals surface area contributed by atoms with Gasteiger partial charge in [-0.15, -0.1) is 0 Å². The van der Waals surface area contributed by atoms with Crippen LogP contribution in [0.1, 0.15) is 42.2 Å². The van der Waals surface area contributed by atoms with E-state index in [1.54, 1.807) is 36.1 Å². The van der Waals surface area contributed by atoms with E-state index < -0.39 is 5.72 Å². The number of rotatable bonds is 3. The van der Waals surface area contributed by atoms with Crippen molar-refractivity contribution in [3.63, 3.8) is 0 Å². The lowest BCUT2D eigenvalue weighted by Crippen LogP contribution is -2.65. The summed E-state index contributed by atoms with van der Waals surface area (Å²) in [6, 6.07) is 12.2. The highest BCUT2D eigenvalue weighted by Crippen LogP contribution is 2.46. The Hall–Kier alpha value is -2.54. The molecular formula is C20H19BrN2O4. The number of nitrogens with one attached hydrogen (secondary N) is 1. The van der Waals surface area contributed by atoms with Crippen molar-refractivity contribution in [2.45, 2.75) is 32.0 Å². The van der Waals surface area contributed by atoms with Gasteiger partial charge in [0, 0.05) is 22.1 Å². The third-order valence-electron chi connectivity index (χ3n) is 4.87. The number of urea groups is 1. The summed E-state index contributed by atoms with van der Waals surface area (Å²) in [5, 5.41) is 3.06. The Labute approximate surface area is 165 Å². The number of carbonyl (C=O) groups excluding carboxylic acids is 2. The topological polar surface area (TPSA) is 67.9 Å². The Kier molecular flexibility index (Phi) is 4.34. The van der Waals surface area contributed by atoms with Gasteiger partial charge in [-0.1, -0.05) is 15.9 Å². The summed E-state index contributed by atoms with van der Waals surface area (Å²) in [6.07, 6.45) is 0.613. The highest BCUT2D eigenvalue weighted by molar-refractivity contribution is 9.10. The predicted octanol–water partition coefficient (Wildman–Crippen LogP) is 4.40. The molecule has 0 aromatic heterocycles. The number of benzene rings is 2. The Morgan fingerprint density at radius 1 is 1.33 bits per heavy atom. The zero-order valence-electron chi connectivity index (χ0n) is 15.0. The van der Waals surface area contributed by atoms with E-state index in [0.717, 1.165) is 15.8 Å². The summed E-state index contributed by atoms with van der Waals surface area (Å²) < 4.78 is 12.2. The zero-order chi connectivity index (χ0) is 19.2. The second-order valence-corrected chi connectivity index (χ2v) is 7.68. The van der Waals surface area contributed by atoms with Crippen molar-refractivity contribution < 1.29 is 19.1 Å². The lowest BCUT2D eigenvalue weighted by atomic mass is 9.90. The van der Waals surface area contributed by atoms with E-state index in [-0.39, 0.29) is 18.0 Å². The number of esters is 1. The van der Waals surface area contributed by atoms with Crippen LogP contribution >= 0.6 is 15.9 Å². The fourth-order valence-corrected chi connectivity index (χ4v) is 4.08. The summed E-state index contributed by atoms with van der Waals surface area (Å²) >= 11 is 3.47. The molecule has 2 atom stereocenters. The molecule has 2 bridgehead atoms. The van der Waals surface area contributed by atoms with Crippen molar-refractivity contribution in [3.05, 3.63) is 58.1 Å². The molecule has 2 aliphatic heterocycles. The van der Waals surface area contributed by atoms with Crippen LogP contribution in [0.3, 0.4) is 0 Å². The van der Waals surface area contributed by atoms with Gasteiger partial charge >= 0.3 is 12.0 Å². The minimum atomic E-state index is -0.820. The fourth-order valence-electron chi connectivity index (χ4n) is 3.70. The Morgan fingerprint density at radius 2 is 2.07 bits per heavy atom. The quantitative estimate of drug-likeness (QED) is 0.732. The molecule has 0 saturated carbocycles. The maximum atomic E-state index is 12.9. The SMILES string of the molecule is CCOC(=O)c1ccc(N2C(=O)NC3CC2(C)Oc2ccc(Br)cc23)cc1. The molecule has 2 amide bonds. The molecule has 140 valence electrons. The molecule has 6 nitrogen and oxygen atoms in total. The monoisotopic (exact) mass is 430 g/mol. The van der Waals surface area contributed by atoms with Crippen molar-refractivity contribution in [2.24, 2.45) is 0 Å². The van der Waals surface area contributed by atoms with E-state index in [1.807, 2.05) is 25.1 Å². The van der Waals surface area contributed by atoms with Gasteiger partial charge in [0.1, 0.15) is 5.75 Å². The number of carbonyl (C=O) groups is 2. The van der Waals surface area contributed by atoms with Crippen LogP contribution in [0, 0.1) is 0 Å². The molecule has 0 spiro atoms. The molecule has 7 heteroatoms. The third-order valence-corrected chi connectivity index (χ3v) is 5.36. The first kappa shape index (κ1) is 17.9. The van der Waals surface area contributed by atoms with Gasteiger partial charge in [0.25, 0.3) is 0 Å². The predicted molar refractivity (Wildman–Crippen MR) is 104 cm³/mol. The van der Waals surface area contributed by atoms with Gasteiger partial charge in [-0.2, -0.15) is 0 Å². The molecule has 1 fully saturated rings. The van der Waals surface area contributed by atoms with Crippen LogP contribution in [-0.2, 0) is 4.74 Å². The van der Waals surface area contributed by atoms with E-state index in [2.05, 4.69) is 21.2 Å². The fraction of sp³-hybridized carbons (Fsp3) is 0.300. The second kappa shape index (κ2) is 6.56. The van der Waals surface area contributed by atoms with Crippen molar-refractivity contribution in [1.82, 2.24) is 5.32 Å². The molecule has 2 aliphatic rings. The van der Waals surface area contributed by atoms with E-state index in [4.69, 9.17) is 9.47 Å². The van der Waals surface area contributed by atoms with E-state index in [9.17, 15) is 9.59 Å². The maximum absolute atomic E-state index is 12.9. The molecule has 0 radical (unpaired) electrons. The lowest BCUT2D eigenvalue weighted by molar-refractivity contribution is 0.0378. The van der Waals surface area contributed by atoms with Crippen molar-refractivity contribution in [1.29, 1.82) is 0 Å². The van der Waals surface area contributed by atoms with Gasteiger partial charge in [-0.3, -0.25) is 4.90 Å². The average Bonchev–Trinajstić information content (AvgIpc) is 2.62. The van der Waals surface area contributed by atoms with E-state index in [0.29, 0.717) is 24.3 Å². The first-order valence-electron chi connectivity index (χ1n) is 8.77. The Balaban J connectivity index is 1.67. The molecule has 4 rings (SSSR count). The smallest absolute Gasteiger partial charge is 0.338 e. The van der Waals surface area contributed by atoms with Gasteiger partial charge in [-0.25, -0.2) is 9.59 Å². The molecule has 2 unspecified atom stereocenters. The van der Waals surface area contributed by atoms with Crippen LogP contribution in [0.15, 0.2) is 46.9 Å². The van der Waals surface area contributed by atoms with Crippen LogP contribution in [0.4, 0.5) is 10.5 Å². The summed E-state index contributed by atoms with van der Waals surface area (Å²) in [7, 11) is 0. The molecule has 2 aromatic carbocycles. The zero-order valence-corrected chi connectivity index (χ0v) is 16.6. The highest BCUT2D eigenvalue weighted by Gasteiger charge is 2.49. The summed E-state index contributed by atoms with van der Waals surface area (Å²) in [5.74, 6) is 0.372. The normalized spacial score (nSPS) is 23.1. The summed E-state index contributed by atoms with van der Waals surface area (Å²) in [5.41, 5.74) is 1.24. The molecule has 1 saturated heterocycles. The summed E-state index contributed by atoms with van der Waals surface area (Å²) in [4.78, 5) is 26.3. The number of hydrogen-bond donors (Lipinski definition) is 1. The van der Waals surface area contributed by atoms with Gasteiger partial charge in [0.15, 0.2) is 5.72 Å². The van der Waals surface area contributed by atoms with Crippen LogP contribution in [0.5, 0.6) is 5.75 Å². The number of amides is 2. The van der Waals surface area contributed by atoms with Crippen molar-refractivity contribution in [2.75, 3.05) is 11.5 Å². The first-order chi connectivity index (χ1) is 12.9. The lowest BCUT2D eigenvalue weighted by Gasteiger charge is -2.50. The molecule has 2 heterocycles. The van der Waals surface area contributed by atoms with Crippen LogP contribution in [0.2, 0.25) is 0 Å². The molecular weight excluding hydrogens is 412 g/mol. The van der Waals surface area contributed by atoms with Crippen molar-refractivity contribution in [3.8, 4) is 5.75 Å². The van der Waals surface area contributed by atoms with Gasteiger partial charge in [0.2, 0.25) is 0 Å². The highest BCUT2D eigenvalue weighted by atomic mass is 79.9. The number of ether oxygens (including phenoxy) is 2. The van der Waals surface area contributed by atoms with Gasteiger partial charge < -0.3 is 14.8 Å². The molecule has 27 heavy (non-hydrogen) atoms. The number of anilines is 1. The number of fused-ring (bicyclic) bond motifs is 4. The minimum Gasteiger partial charge on any atom is -0.467 e. The van der Waals surface area contributed by atoms with Crippen LogP contribution in [0.25, 0.3) is 0 Å². The van der Waals surface area contributed by atoms with Gasteiger partial charge in [0.05, 0.1) is 18.2 Å². The molecule has 2 aromatic rings. The minimum absolute atomic E-state index is 0.112. The number of halogens is 1. The Bertz CT molecular complexity index is 915. The second-order valence-electron chi connectivity index (χ2n) is 6.77. The Morgan fingerprint density at radius 3 is 2.78 bits per heavy atom. The number of hydrogen-bond acceptors (Lipinski definition) is 4. The van der Waals surface area contributed by atoms with Crippen LogP contribution in [-0.4, -0.2) is 24.3 Å². The molecule has 1 N–H and O–H groups in total. The standard InChI is InChI=1S/C20H19BrN2O4/c1-3-26-18(24)12-4-7-14(8-5-12)23-19(25)22-16-11-20(23,2)27-17-9-6-13(21)10-15(16)17/h4-10,16H,3,11H2,1-2H3,(H,22,25). The van der Waals surface area contributed by atoms with E-state index in [1.165, 1.54) is 0 Å². The maximum Gasteiger partial charge on any atom is 0.338 e. The largest absolute Gasteiger partial charge is 0.467 e. The average molecular weight is 431 g/mol. The van der Waals surface area contributed by atoms with Gasteiger partial charge in [-0.05, 0) is 56.3 Å². The first-order valence-corrected chi connectivity index (χ1v) is 9.57. The van der Waals surface area contributed by atoms with E-state index >= 15 is 0 Å². The van der Waals surface area contributed by atoms with Crippen LogP contribution < -0.4 is 15.0 Å².